The Hall–Kier alpha value is -1.03. The Morgan fingerprint density at radius 1 is 0.688 bits per heavy atom. The van der Waals surface area contributed by atoms with Gasteiger partial charge in [0.1, 0.15) is 0 Å². The summed E-state index contributed by atoms with van der Waals surface area (Å²) in [6.45, 7) is 17.6. The Balaban J connectivity index is 5.13. The van der Waals surface area contributed by atoms with Gasteiger partial charge in [0.25, 0.3) is 0 Å². The molecule has 0 aliphatic heterocycles. The first kappa shape index (κ1) is 15.0. The van der Waals surface area contributed by atoms with E-state index >= 15 is 0 Å². The third-order valence-electron chi connectivity index (χ3n) is 2.33. The Labute approximate surface area is 104 Å². The van der Waals surface area contributed by atoms with Gasteiger partial charge in [0.15, 0.2) is 0 Å². The minimum Gasteiger partial charge on any atom is -0.133 e. The normalized spacial score (nSPS) is 13.3. The molecule has 1 heteroatoms. The minimum atomic E-state index is -1.16. The minimum absolute atomic E-state index is 1.16. The Morgan fingerprint density at radius 2 is 0.938 bits per heavy atom. The number of allylic oxidation sites excluding steroid dienone is 6. The van der Waals surface area contributed by atoms with Crippen molar-refractivity contribution in [3.63, 3.8) is 0 Å². The van der Waals surface area contributed by atoms with Gasteiger partial charge < -0.3 is 0 Å². The van der Waals surface area contributed by atoms with Crippen LogP contribution in [0.5, 0.6) is 0 Å². The fourth-order valence-electron chi connectivity index (χ4n) is 1.26. The molecule has 0 aliphatic rings. The predicted molar refractivity (Wildman–Crippen MR) is 77.6 cm³/mol. The van der Waals surface area contributed by atoms with Crippen molar-refractivity contribution in [3.8, 4) is 0 Å². The molecule has 0 aromatic carbocycles. The molecule has 0 unspecified atom stereocenters. The van der Waals surface area contributed by atoms with Gasteiger partial charge in [-0.05, 0) is 20.8 Å². The molecule has 16 heavy (non-hydrogen) atoms. The maximum Gasteiger partial charge on any atom is 0.359 e. The van der Waals surface area contributed by atoms with Gasteiger partial charge in [-0.2, -0.15) is 0 Å². The van der Waals surface area contributed by atoms with E-state index in [2.05, 4.69) is 55.3 Å². The third kappa shape index (κ3) is 6.46. The molecule has 0 heterocycles. The largest absolute Gasteiger partial charge is 0.359 e. The van der Waals surface area contributed by atoms with Crippen LogP contribution in [0.15, 0.2) is 69.5 Å². The Kier molecular flexibility index (Phi) is 7.64. The highest BCUT2D eigenvalue weighted by molar-refractivity contribution is 6.74. The zero-order valence-corrected chi connectivity index (χ0v) is 11.8. The molecule has 0 atom stereocenters. The Bertz CT molecular complexity index is 297. The summed E-state index contributed by atoms with van der Waals surface area (Å²) < 4.78 is 0. The van der Waals surface area contributed by atoms with Gasteiger partial charge >= 0.3 is 14.1 Å². The van der Waals surface area contributed by atoms with Crippen LogP contribution in [-0.4, -0.2) is 14.1 Å². The van der Waals surface area contributed by atoms with Crippen LogP contribution >= 0.6 is 0 Å². The quantitative estimate of drug-likeness (QED) is 0.464. The van der Waals surface area contributed by atoms with E-state index in [1.54, 1.807) is 0 Å². The van der Waals surface area contributed by atoms with Gasteiger partial charge in [-0.25, -0.2) is 0 Å². The second-order valence-electron chi connectivity index (χ2n) is 3.92. The fourth-order valence-corrected chi connectivity index (χ4v) is 3.78. The van der Waals surface area contributed by atoms with Crippen molar-refractivity contribution >= 4 is 14.1 Å². The second-order valence-corrected chi connectivity index (χ2v) is 6.08. The van der Waals surface area contributed by atoms with Crippen LogP contribution in [0.1, 0.15) is 20.8 Å². The van der Waals surface area contributed by atoms with Gasteiger partial charge in [-0.15, -0.1) is 14.8 Å². The highest BCUT2D eigenvalue weighted by Gasteiger charge is 2.07. The first-order chi connectivity index (χ1) is 7.53. The van der Waals surface area contributed by atoms with Crippen LogP contribution in [0.3, 0.4) is 0 Å². The molecule has 0 aromatic rings. The van der Waals surface area contributed by atoms with Gasteiger partial charge in [0.05, 0.1) is 0 Å². The van der Waals surface area contributed by atoms with E-state index in [0.29, 0.717) is 0 Å². The number of hydrogen-bond donors (Lipinski definition) is 0. The zero-order chi connectivity index (χ0) is 12.6. The molecule has 0 nitrogen and oxygen atoms in total. The molecule has 0 saturated carbocycles. The van der Waals surface area contributed by atoms with E-state index in [9.17, 15) is 0 Å². The highest BCUT2D eigenvalue weighted by atomic mass is 27.2. The lowest BCUT2D eigenvalue weighted by Gasteiger charge is -2.00. The zero-order valence-electron chi connectivity index (χ0n) is 10.7. The van der Waals surface area contributed by atoms with Gasteiger partial charge in [0.2, 0.25) is 0 Å². The topological polar surface area (TPSA) is 0 Å². The van der Waals surface area contributed by atoms with Crippen LogP contribution in [0.2, 0.25) is 0 Å². The van der Waals surface area contributed by atoms with Crippen molar-refractivity contribution in [2.75, 3.05) is 0 Å². The summed E-state index contributed by atoms with van der Waals surface area (Å²) in [6, 6.07) is 0. The van der Waals surface area contributed by atoms with Crippen molar-refractivity contribution in [2.45, 2.75) is 20.8 Å². The maximum atomic E-state index is 3.78. The average Bonchev–Trinajstić information content (AvgIpc) is 2.28. The maximum absolute atomic E-state index is 3.78. The highest BCUT2D eigenvalue weighted by Crippen LogP contribution is 2.06. The molecule has 0 amide bonds. The van der Waals surface area contributed by atoms with Crippen molar-refractivity contribution in [2.24, 2.45) is 0 Å². The van der Waals surface area contributed by atoms with E-state index in [1.807, 2.05) is 18.2 Å². The van der Waals surface area contributed by atoms with Gasteiger partial charge in [-0.1, -0.05) is 54.7 Å². The van der Waals surface area contributed by atoms with E-state index in [4.69, 9.17) is 0 Å². The molecule has 0 rings (SSSR count). The SMILES string of the molecule is C=CC(C)=[CH][Al]([CH]=C(C)C=C)[CH]=C(C)C=C. The van der Waals surface area contributed by atoms with Crippen LogP contribution in [-0.2, 0) is 0 Å². The molecule has 84 valence electrons. The first-order valence-corrected chi connectivity index (χ1v) is 7.46. The molecule has 0 bridgehead atoms. The number of hydrogen-bond acceptors (Lipinski definition) is 0. The van der Waals surface area contributed by atoms with Crippen LogP contribution < -0.4 is 0 Å². The molecule has 0 aromatic heterocycles. The van der Waals surface area contributed by atoms with E-state index in [1.165, 1.54) is 16.7 Å². The van der Waals surface area contributed by atoms with Gasteiger partial charge in [-0.3, -0.25) is 0 Å². The van der Waals surface area contributed by atoms with E-state index in [-0.39, 0.29) is 0 Å². The summed E-state index contributed by atoms with van der Waals surface area (Å²) in [5.41, 5.74) is 3.70. The molecule has 0 N–H and O–H groups in total. The lowest BCUT2D eigenvalue weighted by Crippen LogP contribution is -2.05. The van der Waals surface area contributed by atoms with Crippen LogP contribution in [0.25, 0.3) is 0 Å². The predicted octanol–water partition coefficient (Wildman–Crippen LogP) is 4.50. The summed E-state index contributed by atoms with van der Waals surface area (Å²) in [6.07, 6.45) is 5.69. The number of rotatable bonds is 6. The van der Waals surface area contributed by atoms with Crippen molar-refractivity contribution < 1.29 is 0 Å². The molecular weight excluding hydrogens is 207 g/mol. The van der Waals surface area contributed by atoms with Crippen LogP contribution in [0.4, 0.5) is 0 Å². The molecule has 0 spiro atoms. The summed E-state index contributed by atoms with van der Waals surface area (Å²) in [5, 5.41) is 0. The lowest BCUT2D eigenvalue weighted by molar-refractivity contribution is 1.53. The standard InChI is InChI=1S/3C5H7.Al/c3*1-4-5(2)3;/h3*2,4H,1H2,3H3;. The van der Waals surface area contributed by atoms with Gasteiger partial charge in [0, 0.05) is 0 Å². The summed E-state index contributed by atoms with van der Waals surface area (Å²) >= 11 is -1.16. The summed E-state index contributed by atoms with van der Waals surface area (Å²) in [4.78, 5) is 6.94. The lowest BCUT2D eigenvalue weighted by atomic mass is 10.3. The second kappa shape index (κ2) is 8.16. The molecule has 0 aliphatic carbocycles. The summed E-state index contributed by atoms with van der Waals surface area (Å²) in [7, 11) is 0. The molecule has 0 fully saturated rings. The fraction of sp³-hybridized carbons (Fsp3) is 0.200. The smallest absolute Gasteiger partial charge is 0.133 e. The molecular formula is C15H21Al. The Morgan fingerprint density at radius 3 is 1.12 bits per heavy atom. The van der Waals surface area contributed by atoms with Crippen molar-refractivity contribution in [3.05, 3.63) is 69.5 Å². The first-order valence-electron chi connectivity index (χ1n) is 5.46. The van der Waals surface area contributed by atoms with Crippen molar-refractivity contribution in [1.29, 1.82) is 0 Å². The van der Waals surface area contributed by atoms with Crippen molar-refractivity contribution in [1.82, 2.24) is 0 Å². The molecule has 0 radical (unpaired) electrons. The van der Waals surface area contributed by atoms with Crippen LogP contribution in [0, 0.1) is 0 Å². The summed E-state index contributed by atoms with van der Waals surface area (Å²) in [5.74, 6) is 0. The average molecular weight is 228 g/mol. The molecule has 0 saturated heterocycles. The monoisotopic (exact) mass is 228 g/mol. The van der Waals surface area contributed by atoms with E-state index < -0.39 is 14.1 Å². The third-order valence-corrected chi connectivity index (χ3v) is 5.06. The van der Waals surface area contributed by atoms with E-state index in [0.717, 1.165) is 0 Å².